The van der Waals surface area contributed by atoms with Gasteiger partial charge in [0.1, 0.15) is 11.6 Å². The van der Waals surface area contributed by atoms with Crippen LogP contribution in [0.4, 0.5) is 8.78 Å². The highest BCUT2D eigenvalue weighted by atomic mass is 79.9. The van der Waals surface area contributed by atoms with E-state index in [0.717, 1.165) is 25.8 Å². The fourth-order valence-electron chi connectivity index (χ4n) is 2.06. The lowest BCUT2D eigenvalue weighted by molar-refractivity contribution is 0.459. The smallest absolute Gasteiger partial charge is 0.143 e. The van der Waals surface area contributed by atoms with Crippen LogP contribution in [0.3, 0.4) is 0 Å². The van der Waals surface area contributed by atoms with Gasteiger partial charge in [0, 0.05) is 11.6 Å². The lowest BCUT2D eigenvalue weighted by Crippen LogP contribution is -2.28. The SMILES string of the molecule is CCNC(CC)CCCc1c(F)ccc(Br)c1F. The Hall–Kier alpha value is -0.480. The minimum absolute atomic E-state index is 0.190. The summed E-state index contributed by atoms with van der Waals surface area (Å²) < 4.78 is 27.6. The fraction of sp³-hybridized carbons (Fsp3) is 0.571. The van der Waals surface area contributed by atoms with Crippen LogP contribution in [0.15, 0.2) is 16.6 Å². The zero-order valence-corrected chi connectivity index (χ0v) is 12.5. The first-order valence-corrected chi connectivity index (χ1v) is 7.25. The second-order valence-electron chi connectivity index (χ2n) is 4.38. The molecule has 0 fully saturated rings. The van der Waals surface area contributed by atoms with Crippen LogP contribution in [-0.4, -0.2) is 12.6 Å². The van der Waals surface area contributed by atoms with Crippen molar-refractivity contribution in [3.05, 3.63) is 33.8 Å². The van der Waals surface area contributed by atoms with Gasteiger partial charge >= 0.3 is 0 Å². The molecule has 0 aliphatic heterocycles. The van der Waals surface area contributed by atoms with Crippen molar-refractivity contribution < 1.29 is 8.78 Å². The molecule has 0 aliphatic carbocycles. The van der Waals surface area contributed by atoms with Crippen LogP contribution in [0.5, 0.6) is 0 Å². The van der Waals surface area contributed by atoms with Crippen molar-refractivity contribution in [1.29, 1.82) is 0 Å². The van der Waals surface area contributed by atoms with E-state index in [1.807, 2.05) is 0 Å². The molecule has 0 radical (unpaired) electrons. The van der Waals surface area contributed by atoms with Crippen LogP contribution in [-0.2, 0) is 6.42 Å². The molecule has 0 bridgehead atoms. The summed E-state index contributed by atoms with van der Waals surface area (Å²) in [5.41, 5.74) is 0.190. The summed E-state index contributed by atoms with van der Waals surface area (Å²) in [6.07, 6.45) is 3.21. The predicted octanol–water partition coefficient (Wildman–Crippen LogP) is 4.44. The van der Waals surface area contributed by atoms with Gasteiger partial charge in [-0.1, -0.05) is 13.8 Å². The zero-order valence-electron chi connectivity index (χ0n) is 10.9. The van der Waals surface area contributed by atoms with E-state index in [0.29, 0.717) is 16.9 Å². The number of rotatable bonds is 7. The third kappa shape index (κ3) is 4.32. The molecular weight excluding hydrogens is 300 g/mol. The lowest BCUT2D eigenvalue weighted by atomic mass is 10.0. The second kappa shape index (κ2) is 7.85. The molecule has 1 rings (SSSR count). The maximum absolute atomic E-state index is 13.7. The van der Waals surface area contributed by atoms with E-state index in [4.69, 9.17) is 0 Å². The molecular formula is C14H20BrF2N. The standard InChI is InChI=1S/C14H20BrF2N/c1-3-10(18-4-2)6-5-7-11-13(16)9-8-12(15)14(11)17/h8-10,18H,3-7H2,1-2H3. The van der Waals surface area contributed by atoms with Crippen molar-refractivity contribution in [2.24, 2.45) is 0 Å². The molecule has 0 spiro atoms. The molecule has 1 N–H and O–H groups in total. The van der Waals surface area contributed by atoms with Gasteiger partial charge in [-0.2, -0.15) is 0 Å². The Kier molecular flexibility index (Phi) is 6.79. The Balaban J connectivity index is 2.56. The molecule has 18 heavy (non-hydrogen) atoms. The molecule has 102 valence electrons. The zero-order chi connectivity index (χ0) is 13.5. The molecule has 1 aromatic rings. The highest BCUT2D eigenvalue weighted by molar-refractivity contribution is 9.10. The van der Waals surface area contributed by atoms with Crippen LogP contribution >= 0.6 is 15.9 Å². The van der Waals surface area contributed by atoms with E-state index < -0.39 is 11.6 Å². The largest absolute Gasteiger partial charge is 0.314 e. The molecule has 0 amide bonds. The average molecular weight is 320 g/mol. The molecule has 0 aromatic heterocycles. The maximum Gasteiger partial charge on any atom is 0.143 e. The van der Waals surface area contributed by atoms with Gasteiger partial charge in [-0.25, -0.2) is 8.78 Å². The molecule has 0 saturated heterocycles. The third-order valence-corrected chi connectivity index (χ3v) is 3.72. The van der Waals surface area contributed by atoms with Crippen molar-refractivity contribution in [3.63, 3.8) is 0 Å². The summed E-state index contributed by atoms with van der Waals surface area (Å²) in [5, 5.41) is 3.36. The third-order valence-electron chi connectivity index (χ3n) is 3.10. The van der Waals surface area contributed by atoms with E-state index in [1.54, 1.807) is 0 Å². The monoisotopic (exact) mass is 319 g/mol. The Bertz CT molecular complexity index is 382. The van der Waals surface area contributed by atoms with Gasteiger partial charge in [-0.3, -0.25) is 0 Å². The first-order chi connectivity index (χ1) is 8.60. The van der Waals surface area contributed by atoms with E-state index in [2.05, 4.69) is 35.1 Å². The van der Waals surface area contributed by atoms with Crippen molar-refractivity contribution >= 4 is 15.9 Å². The fourth-order valence-corrected chi connectivity index (χ4v) is 2.43. The summed E-state index contributed by atoms with van der Waals surface area (Å²) >= 11 is 3.09. The Morgan fingerprint density at radius 2 is 2.00 bits per heavy atom. The van der Waals surface area contributed by atoms with Gasteiger partial charge in [0.05, 0.1) is 4.47 Å². The molecule has 1 unspecified atom stereocenters. The highest BCUT2D eigenvalue weighted by Gasteiger charge is 2.12. The van der Waals surface area contributed by atoms with E-state index >= 15 is 0 Å². The van der Waals surface area contributed by atoms with Gasteiger partial charge in [0.2, 0.25) is 0 Å². The average Bonchev–Trinajstić information content (AvgIpc) is 2.37. The first-order valence-electron chi connectivity index (χ1n) is 6.45. The Labute approximate surface area is 116 Å². The summed E-state index contributed by atoms with van der Waals surface area (Å²) in [7, 11) is 0. The van der Waals surface area contributed by atoms with Crippen LogP contribution in [0.25, 0.3) is 0 Å². The lowest BCUT2D eigenvalue weighted by Gasteiger charge is -2.15. The van der Waals surface area contributed by atoms with E-state index in [-0.39, 0.29) is 5.56 Å². The van der Waals surface area contributed by atoms with Crippen LogP contribution in [0.1, 0.15) is 38.7 Å². The van der Waals surface area contributed by atoms with Crippen molar-refractivity contribution in [1.82, 2.24) is 5.32 Å². The minimum Gasteiger partial charge on any atom is -0.314 e. The molecule has 1 nitrogen and oxygen atoms in total. The van der Waals surface area contributed by atoms with E-state index in [9.17, 15) is 8.78 Å². The maximum atomic E-state index is 13.7. The summed E-state index contributed by atoms with van der Waals surface area (Å²) in [6.45, 7) is 5.11. The van der Waals surface area contributed by atoms with Gasteiger partial charge in [-0.15, -0.1) is 0 Å². The second-order valence-corrected chi connectivity index (χ2v) is 5.23. The first kappa shape index (κ1) is 15.6. The molecule has 0 aliphatic rings. The topological polar surface area (TPSA) is 12.0 Å². The predicted molar refractivity (Wildman–Crippen MR) is 74.8 cm³/mol. The minimum atomic E-state index is -0.466. The molecule has 1 aromatic carbocycles. The van der Waals surface area contributed by atoms with Crippen LogP contribution in [0, 0.1) is 11.6 Å². The summed E-state index contributed by atoms with van der Waals surface area (Å²) in [5.74, 6) is -0.918. The normalized spacial score (nSPS) is 12.7. The van der Waals surface area contributed by atoms with Crippen molar-refractivity contribution in [2.75, 3.05) is 6.54 Å². The van der Waals surface area contributed by atoms with Crippen LogP contribution in [0.2, 0.25) is 0 Å². The number of benzene rings is 1. The van der Waals surface area contributed by atoms with Crippen molar-refractivity contribution in [2.45, 2.75) is 45.6 Å². The number of halogens is 3. The quantitative estimate of drug-likeness (QED) is 0.733. The Morgan fingerprint density at radius 3 is 2.61 bits per heavy atom. The molecule has 4 heteroatoms. The van der Waals surface area contributed by atoms with Crippen molar-refractivity contribution in [3.8, 4) is 0 Å². The molecule has 0 saturated carbocycles. The van der Waals surface area contributed by atoms with E-state index in [1.165, 1.54) is 12.1 Å². The number of nitrogens with one attached hydrogen (secondary N) is 1. The van der Waals surface area contributed by atoms with Gasteiger partial charge in [-0.05, 0) is 60.3 Å². The van der Waals surface area contributed by atoms with Gasteiger partial charge in [0.25, 0.3) is 0 Å². The highest BCUT2D eigenvalue weighted by Crippen LogP contribution is 2.23. The number of hydrogen-bond donors (Lipinski definition) is 1. The number of hydrogen-bond acceptors (Lipinski definition) is 1. The summed E-state index contributed by atoms with van der Waals surface area (Å²) in [4.78, 5) is 0. The summed E-state index contributed by atoms with van der Waals surface area (Å²) in [6, 6.07) is 3.15. The molecule has 1 atom stereocenters. The molecule has 0 heterocycles. The Morgan fingerprint density at radius 1 is 1.28 bits per heavy atom. The van der Waals surface area contributed by atoms with Gasteiger partial charge < -0.3 is 5.32 Å². The van der Waals surface area contributed by atoms with Crippen LogP contribution < -0.4 is 5.32 Å². The van der Waals surface area contributed by atoms with Gasteiger partial charge in [0.15, 0.2) is 0 Å².